The van der Waals surface area contributed by atoms with Crippen molar-refractivity contribution in [3.05, 3.63) is 48.6 Å². The highest BCUT2D eigenvalue weighted by Gasteiger charge is 2.13. The van der Waals surface area contributed by atoms with Gasteiger partial charge < -0.3 is 9.53 Å². The molecule has 0 unspecified atom stereocenters. The minimum absolute atomic E-state index is 0.0474. The van der Waals surface area contributed by atoms with Crippen LogP contribution in [0.2, 0.25) is 0 Å². The fraction of sp³-hybridized carbons (Fsp3) is 0.308. The van der Waals surface area contributed by atoms with Crippen LogP contribution in [0.3, 0.4) is 0 Å². The molecule has 0 spiro atoms. The summed E-state index contributed by atoms with van der Waals surface area (Å²) in [6, 6.07) is 9.80. The number of aldehydes is 1. The SMILES string of the molecule is C=C[C@H](C)[C@H](C=O)OCc1ccccc1. The third-order valence-corrected chi connectivity index (χ3v) is 2.31. The molecule has 2 atom stereocenters. The average Bonchev–Trinajstić information content (AvgIpc) is 2.31. The van der Waals surface area contributed by atoms with Gasteiger partial charge in [0.05, 0.1) is 6.61 Å². The summed E-state index contributed by atoms with van der Waals surface area (Å²) >= 11 is 0. The third-order valence-electron chi connectivity index (χ3n) is 2.31. The molecule has 1 aromatic rings. The number of hydrogen-bond donors (Lipinski definition) is 0. The normalized spacial score (nSPS) is 14.2. The monoisotopic (exact) mass is 204 g/mol. The summed E-state index contributed by atoms with van der Waals surface area (Å²) in [6.07, 6.45) is 2.15. The predicted octanol–water partition coefficient (Wildman–Crippen LogP) is 2.59. The molecule has 0 aromatic heterocycles. The second-order valence-corrected chi connectivity index (χ2v) is 3.49. The van der Waals surface area contributed by atoms with Gasteiger partial charge in [-0.2, -0.15) is 0 Å². The van der Waals surface area contributed by atoms with E-state index in [0.717, 1.165) is 11.8 Å². The quantitative estimate of drug-likeness (QED) is 0.526. The van der Waals surface area contributed by atoms with Crippen LogP contribution < -0.4 is 0 Å². The molecule has 0 aliphatic carbocycles. The smallest absolute Gasteiger partial charge is 0.149 e. The van der Waals surface area contributed by atoms with E-state index in [9.17, 15) is 4.79 Å². The molecule has 0 amide bonds. The summed E-state index contributed by atoms with van der Waals surface area (Å²) in [5.74, 6) is 0.0474. The van der Waals surface area contributed by atoms with Gasteiger partial charge in [-0.05, 0) is 5.56 Å². The summed E-state index contributed by atoms with van der Waals surface area (Å²) in [5.41, 5.74) is 1.07. The Morgan fingerprint density at radius 1 is 1.40 bits per heavy atom. The Bertz CT molecular complexity index is 306. The van der Waals surface area contributed by atoms with E-state index in [-0.39, 0.29) is 5.92 Å². The Balaban J connectivity index is 2.48. The Kier molecular flexibility index (Phi) is 4.78. The molecule has 0 radical (unpaired) electrons. The van der Waals surface area contributed by atoms with Gasteiger partial charge in [0.2, 0.25) is 0 Å². The lowest BCUT2D eigenvalue weighted by atomic mass is 10.1. The van der Waals surface area contributed by atoms with E-state index in [2.05, 4.69) is 6.58 Å². The highest BCUT2D eigenvalue weighted by atomic mass is 16.5. The number of carbonyl (C=O) groups excluding carboxylic acids is 1. The van der Waals surface area contributed by atoms with Crippen molar-refractivity contribution in [1.29, 1.82) is 0 Å². The maximum absolute atomic E-state index is 10.8. The van der Waals surface area contributed by atoms with Crippen LogP contribution in [0, 0.1) is 5.92 Å². The van der Waals surface area contributed by atoms with Crippen molar-refractivity contribution in [3.63, 3.8) is 0 Å². The van der Waals surface area contributed by atoms with Crippen LogP contribution in [0.5, 0.6) is 0 Å². The summed E-state index contributed by atoms with van der Waals surface area (Å²) in [5, 5.41) is 0. The van der Waals surface area contributed by atoms with Gasteiger partial charge >= 0.3 is 0 Å². The summed E-state index contributed by atoms with van der Waals surface area (Å²) in [4.78, 5) is 10.8. The molecule has 15 heavy (non-hydrogen) atoms. The van der Waals surface area contributed by atoms with Crippen LogP contribution in [0.4, 0.5) is 0 Å². The van der Waals surface area contributed by atoms with Crippen molar-refractivity contribution in [3.8, 4) is 0 Å². The Morgan fingerprint density at radius 3 is 2.60 bits per heavy atom. The summed E-state index contributed by atoms with van der Waals surface area (Å²) in [6.45, 7) is 6.02. The second-order valence-electron chi connectivity index (χ2n) is 3.49. The molecule has 0 N–H and O–H groups in total. The van der Waals surface area contributed by atoms with Crippen molar-refractivity contribution in [2.75, 3.05) is 0 Å². The Morgan fingerprint density at radius 2 is 2.07 bits per heavy atom. The minimum Gasteiger partial charge on any atom is -0.365 e. The lowest BCUT2D eigenvalue weighted by Crippen LogP contribution is -2.21. The van der Waals surface area contributed by atoms with Crippen LogP contribution >= 0.6 is 0 Å². The first-order valence-electron chi connectivity index (χ1n) is 5.01. The maximum Gasteiger partial charge on any atom is 0.149 e. The van der Waals surface area contributed by atoms with E-state index in [1.807, 2.05) is 37.3 Å². The molecule has 0 aliphatic rings. The molecular formula is C13H16O2. The first kappa shape index (κ1) is 11.7. The van der Waals surface area contributed by atoms with Crippen LogP contribution in [0.15, 0.2) is 43.0 Å². The summed E-state index contributed by atoms with van der Waals surface area (Å²) < 4.78 is 5.49. The largest absolute Gasteiger partial charge is 0.365 e. The van der Waals surface area contributed by atoms with E-state index >= 15 is 0 Å². The molecule has 0 fully saturated rings. The van der Waals surface area contributed by atoms with Crippen molar-refractivity contribution in [1.82, 2.24) is 0 Å². The molecule has 0 saturated heterocycles. The van der Waals surface area contributed by atoms with Gasteiger partial charge in [0.25, 0.3) is 0 Å². The van der Waals surface area contributed by atoms with E-state index < -0.39 is 6.10 Å². The van der Waals surface area contributed by atoms with Crippen LogP contribution in [-0.4, -0.2) is 12.4 Å². The zero-order valence-electron chi connectivity index (χ0n) is 8.93. The number of hydrogen-bond acceptors (Lipinski definition) is 2. The van der Waals surface area contributed by atoms with Crippen molar-refractivity contribution in [2.45, 2.75) is 19.6 Å². The predicted molar refractivity (Wildman–Crippen MR) is 60.4 cm³/mol. The summed E-state index contributed by atoms with van der Waals surface area (Å²) in [7, 11) is 0. The molecular weight excluding hydrogens is 188 g/mol. The standard InChI is InChI=1S/C13H16O2/c1-3-11(2)13(9-14)15-10-12-7-5-4-6-8-12/h3-9,11,13H,1,10H2,2H3/t11-,13-/m0/s1. The first-order valence-corrected chi connectivity index (χ1v) is 5.01. The van der Waals surface area contributed by atoms with Gasteiger partial charge in [-0.25, -0.2) is 0 Å². The van der Waals surface area contributed by atoms with Crippen molar-refractivity contribution < 1.29 is 9.53 Å². The maximum atomic E-state index is 10.8. The van der Waals surface area contributed by atoms with E-state index in [1.54, 1.807) is 6.08 Å². The van der Waals surface area contributed by atoms with Gasteiger partial charge in [-0.3, -0.25) is 0 Å². The molecule has 0 aliphatic heterocycles. The van der Waals surface area contributed by atoms with Crippen LogP contribution in [0.1, 0.15) is 12.5 Å². The van der Waals surface area contributed by atoms with Crippen LogP contribution in [-0.2, 0) is 16.1 Å². The number of benzene rings is 1. The highest BCUT2D eigenvalue weighted by Crippen LogP contribution is 2.09. The van der Waals surface area contributed by atoms with Gasteiger partial charge in [-0.1, -0.05) is 43.3 Å². The second kappa shape index (κ2) is 6.14. The van der Waals surface area contributed by atoms with Crippen LogP contribution in [0.25, 0.3) is 0 Å². The minimum atomic E-state index is -0.400. The lowest BCUT2D eigenvalue weighted by molar-refractivity contribution is -0.120. The topological polar surface area (TPSA) is 26.3 Å². The molecule has 1 rings (SSSR count). The number of ether oxygens (including phenoxy) is 1. The van der Waals surface area contributed by atoms with Gasteiger partial charge in [0.1, 0.15) is 12.4 Å². The van der Waals surface area contributed by atoms with E-state index in [0.29, 0.717) is 6.61 Å². The first-order chi connectivity index (χ1) is 7.27. The zero-order chi connectivity index (χ0) is 11.1. The van der Waals surface area contributed by atoms with Crippen molar-refractivity contribution in [2.24, 2.45) is 5.92 Å². The van der Waals surface area contributed by atoms with Gasteiger partial charge in [0.15, 0.2) is 0 Å². The third kappa shape index (κ3) is 3.68. The van der Waals surface area contributed by atoms with Gasteiger partial charge in [-0.15, -0.1) is 6.58 Å². The zero-order valence-corrected chi connectivity index (χ0v) is 8.93. The Hall–Kier alpha value is -1.41. The van der Waals surface area contributed by atoms with Gasteiger partial charge in [0, 0.05) is 5.92 Å². The highest BCUT2D eigenvalue weighted by molar-refractivity contribution is 5.57. The molecule has 0 heterocycles. The fourth-order valence-corrected chi connectivity index (χ4v) is 1.22. The molecule has 1 aromatic carbocycles. The number of rotatable bonds is 6. The fourth-order valence-electron chi connectivity index (χ4n) is 1.22. The van der Waals surface area contributed by atoms with Crippen molar-refractivity contribution >= 4 is 6.29 Å². The molecule has 0 bridgehead atoms. The number of carbonyl (C=O) groups is 1. The van der Waals surface area contributed by atoms with E-state index in [1.165, 1.54) is 0 Å². The molecule has 2 heteroatoms. The lowest BCUT2D eigenvalue weighted by Gasteiger charge is -2.15. The molecule has 0 saturated carbocycles. The average molecular weight is 204 g/mol. The molecule has 2 nitrogen and oxygen atoms in total. The molecule has 80 valence electrons. The Labute approximate surface area is 90.6 Å². The van der Waals surface area contributed by atoms with E-state index in [4.69, 9.17) is 4.74 Å².